The summed E-state index contributed by atoms with van der Waals surface area (Å²) in [6.07, 6.45) is 0.670. The maximum absolute atomic E-state index is 11.8. The fraction of sp³-hybridized carbons (Fsp3) is 0. The second-order valence-electron chi connectivity index (χ2n) is 1.26. The lowest BCUT2D eigenvalue weighted by Gasteiger charge is -1.77. The minimum atomic E-state index is -1.34. The van der Waals surface area contributed by atoms with Crippen LogP contribution in [0.2, 0.25) is 0 Å². The fourth-order valence-corrected chi connectivity index (χ4v) is 0.342. The zero-order valence-corrected chi connectivity index (χ0v) is 4.15. The van der Waals surface area contributed by atoms with Gasteiger partial charge in [-0.1, -0.05) is 9.39 Å². The van der Waals surface area contributed by atoms with Crippen LogP contribution in [0.4, 0.5) is 4.48 Å². The highest BCUT2D eigenvalue weighted by atomic mass is 19.2. The number of carbonyl (C=O) groups is 1. The van der Waals surface area contributed by atoms with Crippen molar-refractivity contribution in [3.05, 3.63) is 12.2 Å². The van der Waals surface area contributed by atoms with E-state index in [1.54, 1.807) is 0 Å². The lowest BCUT2D eigenvalue weighted by atomic mass is 10.7. The molecule has 0 spiro atoms. The molecule has 0 atom stereocenters. The largest absolute Gasteiger partial charge is 0.475 e. The Morgan fingerprint density at radius 1 is 1.89 bits per heavy atom. The lowest BCUT2D eigenvalue weighted by Crippen LogP contribution is -1.99. The predicted molar refractivity (Wildman–Crippen MR) is 23.5 cm³/mol. The molecule has 0 saturated carbocycles. The van der Waals surface area contributed by atoms with Gasteiger partial charge in [-0.05, 0) is 0 Å². The highest BCUT2D eigenvalue weighted by molar-refractivity contribution is 5.82. The molecule has 6 heteroatoms. The number of aromatic carboxylic acids is 1. The molecule has 1 N–H and O–H groups in total. The number of halogens is 1. The van der Waals surface area contributed by atoms with Gasteiger partial charge in [0.25, 0.3) is 5.82 Å². The molecule has 5 nitrogen and oxygen atoms in total. The van der Waals surface area contributed by atoms with Crippen molar-refractivity contribution in [3.63, 3.8) is 0 Å². The van der Waals surface area contributed by atoms with E-state index in [0.717, 1.165) is 0 Å². The van der Waals surface area contributed by atoms with Crippen molar-refractivity contribution in [2.45, 2.75) is 0 Å². The summed E-state index contributed by atoms with van der Waals surface area (Å²) in [5.74, 6) is -1.89. The minimum absolute atomic E-state index is 0.163. The number of carboxylic acid groups (broad SMARTS) is 1. The van der Waals surface area contributed by atoms with Crippen LogP contribution in [0.5, 0.6) is 0 Å². The Kier molecular flexibility index (Phi) is 1.14. The number of hydrogen-bond acceptors (Lipinski definition) is 3. The van der Waals surface area contributed by atoms with Crippen LogP contribution in [0.1, 0.15) is 10.6 Å². The normalized spacial score (nSPS) is 9.44. The lowest BCUT2D eigenvalue weighted by molar-refractivity contribution is 0.0681. The van der Waals surface area contributed by atoms with Crippen LogP contribution in [-0.2, 0) is 0 Å². The molecule has 0 unspecified atom stereocenters. The van der Waals surface area contributed by atoms with Crippen molar-refractivity contribution >= 4 is 5.97 Å². The van der Waals surface area contributed by atoms with Crippen LogP contribution in [0.25, 0.3) is 0 Å². The second kappa shape index (κ2) is 1.81. The summed E-state index contributed by atoms with van der Waals surface area (Å²) in [6.45, 7) is 0. The fourth-order valence-electron chi connectivity index (χ4n) is 0.342. The average Bonchev–Trinajstić information content (AvgIpc) is 2.14. The predicted octanol–water partition coefficient (Wildman–Crippen LogP) is -0.291. The quantitative estimate of drug-likeness (QED) is 0.568. The first-order valence-corrected chi connectivity index (χ1v) is 2.01. The van der Waals surface area contributed by atoms with Crippen LogP contribution in [0.3, 0.4) is 0 Å². The van der Waals surface area contributed by atoms with E-state index in [1.807, 2.05) is 0 Å². The monoisotopic (exact) mass is 131 g/mol. The van der Waals surface area contributed by atoms with Crippen molar-refractivity contribution < 1.29 is 14.4 Å². The first kappa shape index (κ1) is 5.67. The first-order chi connectivity index (χ1) is 4.20. The van der Waals surface area contributed by atoms with Crippen LogP contribution in [-0.4, -0.2) is 26.1 Å². The number of rotatable bonds is 1. The summed E-state index contributed by atoms with van der Waals surface area (Å²) in [7, 11) is 0. The van der Waals surface area contributed by atoms with E-state index in [1.165, 1.54) is 0 Å². The minimum Gasteiger partial charge on any atom is -0.475 e. The van der Waals surface area contributed by atoms with E-state index < -0.39 is 11.8 Å². The van der Waals surface area contributed by atoms with Gasteiger partial charge in [0.2, 0.25) is 0 Å². The Balaban J connectivity index is 2.98. The Morgan fingerprint density at radius 3 is 2.78 bits per heavy atom. The van der Waals surface area contributed by atoms with Crippen LogP contribution in [0, 0.1) is 0 Å². The molecule has 0 aromatic carbocycles. The molecule has 0 radical (unpaired) electrons. The molecule has 0 aliphatic heterocycles. The SMILES string of the molecule is O=C(O)c1ncn(F)n1. The zero-order chi connectivity index (χ0) is 6.85. The van der Waals surface area contributed by atoms with Crippen LogP contribution >= 0.6 is 0 Å². The molecule has 1 rings (SSSR count). The Bertz CT molecular complexity index is 233. The number of aromatic nitrogens is 3. The molecule has 0 fully saturated rings. The van der Waals surface area contributed by atoms with E-state index in [4.69, 9.17) is 5.11 Å². The molecule has 9 heavy (non-hydrogen) atoms. The van der Waals surface area contributed by atoms with Gasteiger partial charge in [-0.25, -0.2) is 9.78 Å². The van der Waals surface area contributed by atoms with Crippen molar-refractivity contribution in [2.24, 2.45) is 0 Å². The maximum Gasteiger partial charge on any atom is 0.375 e. The van der Waals surface area contributed by atoms with Gasteiger partial charge >= 0.3 is 5.97 Å². The highest BCUT2D eigenvalue weighted by Crippen LogP contribution is 1.87. The molecular weight excluding hydrogens is 129 g/mol. The van der Waals surface area contributed by atoms with Gasteiger partial charge in [-0.3, -0.25) is 0 Å². The highest BCUT2D eigenvalue weighted by Gasteiger charge is 2.07. The molecule has 1 aromatic heterocycles. The van der Waals surface area contributed by atoms with E-state index in [9.17, 15) is 9.28 Å². The Hall–Kier alpha value is -1.46. The van der Waals surface area contributed by atoms with Crippen molar-refractivity contribution in [3.8, 4) is 0 Å². The smallest absolute Gasteiger partial charge is 0.375 e. The van der Waals surface area contributed by atoms with Gasteiger partial charge < -0.3 is 5.11 Å². The third-order valence-corrected chi connectivity index (χ3v) is 0.657. The molecule has 0 amide bonds. The summed E-state index contributed by atoms with van der Waals surface area (Å²) in [6, 6.07) is 0. The van der Waals surface area contributed by atoms with Crippen molar-refractivity contribution in [2.75, 3.05) is 0 Å². The summed E-state index contributed by atoms with van der Waals surface area (Å²) < 4.78 is 11.8. The van der Waals surface area contributed by atoms with Gasteiger partial charge in [0.1, 0.15) is 0 Å². The maximum atomic E-state index is 11.8. The van der Waals surface area contributed by atoms with Crippen LogP contribution < -0.4 is 0 Å². The third kappa shape index (κ3) is 1.01. The average molecular weight is 131 g/mol. The molecular formula is C3H2FN3O2. The van der Waals surface area contributed by atoms with Gasteiger partial charge in [0.15, 0.2) is 6.33 Å². The standard InChI is InChI=1S/C3H2FN3O2/c4-7-1-5-2(6-7)3(8)9/h1H,(H,8,9). The van der Waals surface area contributed by atoms with Gasteiger partial charge in [0.05, 0.1) is 0 Å². The molecule has 0 bridgehead atoms. The van der Waals surface area contributed by atoms with Crippen molar-refractivity contribution in [1.29, 1.82) is 0 Å². The first-order valence-electron chi connectivity index (χ1n) is 2.01. The summed E-state index contributed by atoms with van der Waals surface area (Å²) in [5.41, 5.74) is 0. The Labute approximate surface area is 48.7 Å². The topological polar surface area (TPSA) is 68.0 Å². The molecule has 1 heterocycles. The Morgan fingerprint density at radius 2 is 2.56 bits per heavy atom. The third-order valence-electron chi connectivity index (χ3n) is 0.657. The van der Waals surface area contributed by atoms with E-state index >= 15 is 0 Å². The molecule has 1 aromatic rings. The number of carboxylic acids is 1. The summed E-state index contributed by atoms with van der Waals surface area (Å²) >= 11 is 0. The summed E-state index contributed by atoms with van der Waals surface area (Å²) in [5, 5.41) is 10.9. The van der Waals surface area contributed by atoms with Crippen molar-refractivity contribution in [1.82, 2.24) is 15.0 Å². The second-order valence-corrected chi connectivity index (χ2v) is 1.26. The van der Waals surface area contributed by atoms with Gasteiger partial charge in [-0.15, -0.1) is 5.10 Å². The van der Waals surface area contributed by atoms with Gasteiger partial charge in [0, 0.05) is 0 Å². The molecule has 48 valence electrons. The molecule has 0 saturated heterocycles. The van der Waals surface area contributed by atoms with E-state index in [2.05, 4.69) is 10.1 Å². The molecule has 0 aliphatic rings. The van der Waals surface area contributed by atoms with Crippen LogP contribution in [0.15, 0.2) is 6.33 Å². The summed E-state index contributed by atoms with van der Waals surface area (Å²) in [4.78, 5) is 12.8. The zero-order valence-electron chi connectivity index (χ0n) is 4.15. The number of nitrogens with zero attached hydrogens (tertiary/aromatic N) is 3. The van der Waals surface area contributed by atoms with E-state index in [-0.39, 0.29) is 4.90 Å². The number of hydrogen-bond donors (Lipinski definition) is 1. The van der Waals surface area contributed by atoms with E-state index in [0.29, 0.717) is 6.33 Å². The molecule has 0 aliphatic carbocycles. The van der Waals surface area contributed by atoms with Gasteiger partial charge in [-0.2, -0.15) is 0 Å².